The first-order valence-corrected chi connectivity index (χ1v) is 6.98. The van der Waals surface area contributed by atoms with E-state index < -0.39 is 6.04 Å². The average molecular weight is 262 g/mol. The Bertz CT molecular complexity index is 424. The largest absolute Gasteiger partial charge is 0.324 e. The van der Waals surface area contributed by atoms with Gasteiger partial charge in [0.15, 0.2) is 0 Å². The molecule has 106 valence electrons. The Labute approximate surface area is 116 Å². The molecule has 0 saturated carbocycles. The van der Waals surface area contributed by atoms with Crippen LogP contribution in [0, 0.1) is 5.41 Å². The number of hydrogen-bond acceptors (Lipinski definition) is 2. The van der Waals surface area contributed by atoms with E-state index >= 15 is 0 Å². The van der Waals surface area contributed by atoms with Crippen LogP contribution < -0.4 is 11.1 Å². The normalized spacial score (nSPS) is 13.2. The molecule has 0 aliphatic rings. The van der Waals surface area contributed by atoms with Gasteiger partial charge in [0.1, 0.15) is 0 Å². The van der Waals surface area contributed by atoms with E-state index in [2.05, 4.69) is 31.3 Å². The molecule has 1 amide bonds. The fraction of sp³-hybridized carbons (Fsp3) is 0.562. The van der Waals surface area contributed by atoms with Crippen LogP contribution >= 0.6 is 0 Å². The molecule has 19 heavy (non-hydrogen) atoms. The SMILES string of the molecule is CCc1cccc(CC)c1NC(=O)[C@@H](N)C(C)(C)C. The van der Waals surface area contributed by atoms with Crippen molar-refractivity contribution in [2.75, 3.05) is 5.32 Å². The van der Waals surface area contributed by atoms with E-state index in [1.807, 2.05) is 26.8 Å². The van der Waals surface area contributed by atoms with Crippen molar-refractivity contribution in [1.29, 1.82) is 0 Å². The van der Waals surface area contributed by atoms with E-state index in [0.717, 1.165) is 29.7 Å². The Hall–Kier alpha value is -1.35. The minimum absolute atomic E-state index is 0.108. The number of amides is 1. The number of carbonyl (C=O) groups excluding carboxylic acids is 1. The molecule has 1 aromatic rings. The highest BCUT2D eigenvalue weighted by Crippen LogP contribution is 2.24. The molecule has 0 spiro atoms. The summed E-state index contributed by atoms with van der Waals surface area (Å²) in [5, 5.41) is 3.02. The molecule has 0 bridgehead atoms. The van der Waals surface area contributed by atoms with Gasteiger partial charge in [0.25, 0.3) is 0 Å². The summed E-state index contributed by atoms with van der Waals surface area (Å²) in [6.45, 7) is 10.1. The van der Waals surface area contributed by atoms with Gasteiger partial charge in [-0.3, -0.25) is 4.79 Å². The zero-order valence-corrected chi connectivity index (χ0v) is 12.7. The summed E-state index contributed by atoms with van der Waals surface area (Å²) in [6, 6.07) is 5.63. The summed E-state index contributed by atoms with van der Waals surface area (Å²) in [7, 11) is 0. The van der Waals surface area contributed by atoms with Gasteiger partial charge >= 0.3 is 0 Å². The molecule has 1 atom stereocenters. The van der Waals surface area contributed by atoms with Crippen LogP contribution in [-0.4, -0.2) is 11.9 Å². The van der Waals surface area contributed by atoms with Crippen molar-refractivity contribution in [3.63, 3.8) is 0 Å². The van der Waals surface area contributed by atoms with Crippen LogP contribution in [0.4, 0.5) is 5.69 Å². The van der Waals surface area contributed by atoms with E-state index in [-0.39, 0.29) is 11.3 Å². The second-order valence-corrected chi connectivity index (χ2v) is 5.99. The van der Waals surface area contributed by atoms with Crippen molar-refractivity contribution in [1.82, 2.24) is 0 Å². The Morgan fingerprint density at radius 2 is 1.68 bits per heavy atom. The van der Waals surface area contributed by atoms with Crippen molar-refractivity contribution in [2.24, 2.45) is 11.1 Å². The monoisotopic (exact) mass is 262 g/mol. The first-order valence-electron chi connectivity index (χ1n) is 6.98. The maximum absolute atomic E-state index is 12.3. The number of anilines is 1. The molecule has 0 saturated heterocycles. The zero-order chi connectivity index (χ0) is 14.6. The van der Waals surface area contributed by atoms with Crippen molar-refractivity contribution in [2.45, 2.75) is 53.5 Å². The first-order chi connectivity index (χ1) is 8.81. The lowest BCUT2D eigenvalue weighted by Gasteiger charge is -2.26. The number of hydrogen-bond donors (Lipinski definition) is 2. The maximum atomic E-state index is 12.3. The van der Waals surface area contributed by atoms with Crippen LogP contribution in [0.5, 0.6) is 0 Å². The fourth-order valence-electron chi connectivity index (χ4n) is 2.00. The Balaban J connectivity index is 3.02. The van der Waals surface area contributed by atoms with Crippen molar-refractivity contribution in [3.8, 4) is 0 Å². The average Bonchev–Trinajstić information content (AvgIpc) is 2.36. The second kappa shape index (κ2) is 6.20. The summed E-state index contributed by atoms with van der Waals surface area (Å²) >= 11 is 0. The molecular formula is C16H26N2O. The fourth-order valence-corrected chi connectivity index (χ4v) is 2.00. The van der Waals surface area contributed by atoms with Gasteiger partial charge < -0.3 is 11.1 Å². The van der Waals surface area contributed by atoms with E-state index in [0.29, 0.717) is 0 Å². The zero-order valence-electron chi connectivity index (χ0n) is 12.7. The van der Waals surface area contributed by atoms with E-state index in [1.165, 1.54) is 0 Å². The highest BCUT2D eigenvalue weighted by atomic mass is 16.2. The van der Waals surface area contributed by atoms with Crippen LogP contribution in [0.25, 0.3) is 0 Å². The van der Waals surface area contributed by atoms with Crippen LogP contribution in [0.1, 0.15) is 45.7 Å². The molecule has 0 unspecified atom stereocenters. The van der Waals surface area contributed by atoms with Gasteiger partial charge in [-0.15, -0.1) is 0 Å². The highest BCUT2D eigenvalue weighted by Gasteiger charge is 2.28. The topological polar surface area (TPSA) is 55.1 Å². The molecule has 0 fully saturated rings. The Kier molecular flexibility index (Phi) is 5.12. The summed E-state index contributed by atoms with van der Waals surface area (Å²) in [5.41, 5.74) is 9.04. The molecule has 1 aromatic carbocycles. The number of nitrogens with two attached hydrogens (primary N) is 1. The predicted octanol–water partition coefficient (Wildman–Crippen LogP) is 3.12. The molecule has 3 heteroatoms. The molecule has 0 radical (unpaired) electrons. The third-order valence-electron chi connectivity index (χ3n) is 3.46. The smallest absolute Gasteiger partial charge is 0.241 e. The van der Waals surface area contributed by atoms with Crippen LogP contribution in [0.3, 0.4) is 0 Å². The van der Waals surface area contributed by atoms with Crippen molar-refractivity contribution in [3.05, 3.63) is 29.3 Å². The first kappa shape index (κ1) is 15.7. The summed E-state index contributed by atoms with van der Waals surface area (Å²) in [6.07, 6.45) is 1.79. The van der Waals surface area contributed by atoms with Gasteiger partial charge in [-0.25, -0.2) is 0 Å². The number of benzene rings is 1. The summed E-state index contributed by atoms with van der Waals surface area (Å²) in [5.74, 6) is -0.108. The Morgan fingerprint density at radius 3 is 2.05 bits per heavy atom. The molecule has 1 rings (SSSR count). The van der Waals surface area contributed by atoms with Gasteiger partial charge in [0.05, 0.1) is 6.04 Å². The lowest BCUT2D eigenvalue weighted by molar-refractivity contribution is -0.119. The van der Waals surface area contributed by atoms with Gasteiger partial charge in [0, 0.05) is 5.69 Å². The third-order valence-corrected chi connectivity index (χ3v) is 3.46. The minimum atomic E-state index is -0.512. The number of rotatable bonds is 4. The molecule has 3 N–H and O–H groups in total. The molecule has 0 aromatic heterocycles. The third kappa shape index (κ3) is 3.80. The van der Waals surface area contributed by atoms with E-state index in [9.17, 15) is 4.79 Å². The maximum Gasteiger partial charge on any atom is 0.241 e. The van der Waals surface area contributed by atoms with E-state index in [4.69, 9.17) is 5.73 Å². The van der Waals surface area contributed by atoms with Gasteiger partial charge in [-0.1, -0.05) is 52.8 Å². The molecule has 3 nitrogen and oxygen atoms in total. The van der Waals surface area contributed by atoms with Crippen LogP contribution in [0.2, 0.25) is 0 Å². The van der Waals surface area contributed by atoms with Crippen LogP contribution in [0.15, 0.2) is 18.2 Å². The molecular weight excluding hydrogens is 236 g/mol. The lowest BCUT2D eigenvalue weighted by Crippen LogP contribution is -2.45. The quantitative estimate of drug-likeness (QED) is 0.876. The van der Waals surface area contributed by atoms with Crippen LogP contribution in [-0.2, 0) is 17.6 Å². The molecule has 0 heterocycles. The number of aryl methyl sites for hydroxylation is 2. The van der Waals surface area contributed by atoms with Crippen molar-refractivity contribution < 1.29 is 4.79 Å². The second-order valence-electron chi connectivity index (χ2n) is 5.99. The Morgan fingerprint density at radius 1 is 1.21 bits per heavy atom. The minimum Gasteiger partial charge on any atom is -0.324 e. The molecule has 0 aliphatic heterocycles. The molecule has 0 aliphatic carbocycles. The van der Waals surface area contributed by atoms with Gasteiger partial charge in [-0.2, -0.15) is 0 Å². The number of carbonyl (C=O) groups is 1. The summed E-state index contributed by atoms with van der Waals surface area (Å²) in [4.78, 5) is 12.3. The van der Waals surface area contributed by atoms with Gasteiger partial charge in [-0.05, 0) is 29.4 Å². The van der Waals surface area contributed by atoms with Gasteiger partial charge in [0.2, 0.25) is 5.91 Å². The lowest BCUT2D eigenvalue weighted by atomic mass is 9.86. The summed E-state index contributed by atoms with van der Waals surface area (Å²) < 4.78 is 0. The highest BCUT2D eigenvalue weighted by molar-refractivity contribution is 5.96. The number of nitrogens with one attached hydrogen (secondary N) is 1. The van der Waals surface area contributed by atoms with Crippen molar-refractivity contribution >= 4 is 11.6 Å². The standard InChI is InChI=1S/C16H26N2O/c1-6-11-9-8-10-12(7-2)13(11)18-15(19)14(17)16(3,4)5/h8-10,14H,6-7,17H2,1-5H3,(H,18,19)/t14-/m1/s1. The number of para-hydroxylation sites is 1. The predicted molar refractivity (Wildman–Crippen MR) is 81.3 cm³/mol. The van der Waals surface area contributed by atoms with E-state index in [1.54, 1.807) is 0 Å².